The molecule has 1 rings (SSSR count). The molecule has 0 heterocycles. The molecule has 7 heteroatoms. The van der Waals surface area contributed by atoms with E-state index < -0.39 is 16.0 Å². The van der Waals surface area contributed by atoms with E-state index in [-0.39, 0.29) is 22.0 Å². The number of benzene rings is 1. The number of carbonyl (C=O) groups is 1. The van der Waals surface area contributed by atoms with E-state index in [1.54, 1.807) is 0 Å². The number of hydrogen-bond donors (Lipinski definition) is 2. The van der Waals surface area contributed by atoms with Gasteiger partial charge in [0.1, 0.15) is 0 Å². The highest BCUT2D eigenvalue weighted by Gasteiger charge is 2.11. The monoisotopic (exact) mass is 263 g/mol. The summed E-state index contributed by atoms with van der Waals surface area (Å²) < 4.78 is 24.7. The SMILES string of the molecule is CCS(=O)(=O)Nc1ccc(C(=O)O)c(Cl)c1. The van der Waals surface area contributed by atoms with Gasteiger partial charge in [0.2, 0.25) is 10.0 Å². The van der Waals surface area contributed by atoms with Crippen molar-refractivity contribution in [3.05, 3.63) is 28.8 Å². The molecule has 0 saturated heterocycles. The standard InChI is InChI=1S/C9H10ClNO4S/c1-2-16(14,15)11-6-3-4-7(9(12)13)8(10)5-6/h3-5,11H,2H2,1H3,(H,12,13). The Labute approximate surface area is 98.1 Å². The van der Waals surface area contributed by atoms with Gasteiger partial charge in [0.25, 0.3) is 0 Å². The highest BCUT2D eigenvalue weighted by atomic mass is 35.5. The molecule has 0 fully saturated rings. The molecule has 0 aromatic heterocycles. The molecular formula is C9H10ClNO4S. The van der Waals surface area contributed by atoms with Gasteiger partial charge < -0.3 is 5.11 Å². The molecule has 0 saturated carbocycles. The summed E-state index contributed by atoms with van der Waals surface area (Å²) in [5.74, 6) is -1.22. The van der Waals surface area contributed by atoms with Crippen molar-refractivity contribution in [3.63, 3.8) is 0 Å². The van der Waals surface area contributed by atoms with Gasteiger partial charge in [0.05, 0.1) is 16.3 Å². The number of nitrogens with one attached hydrogen (secondary N) is 1. The van der Waals surface area contributed by atoms with Crippen molar-refractivity contribution in [3.8, 4) is 0 Å². The van der Waals surface area contributed by atoms with Crippen LogP contribution in [0.3, 0.4) is 0 Å². The van der Waals surface area contributed by atoms with E-state index >= 15 is 0 Å². The van der Waals surface area contributed by atoms with Crippen LogP contribution < -0.4 is 4.72 Å². The minimum absolute atomic E-state index is 0.0104. The Morgan fingerprint density at radius 1 is 1.50 bits per heavy atom. The Morgan fingerprint density at radius 2 is 2.12 bits per heavy atom. The van der Waals surface area contributed by atoms with Crippen molar-refractivity contribution >= 4 is 33.3 Å². The lowest BCUT2D eigenvalue weighted by molar-refractivity contribution is 0.0697. The lowest BCUT2D eigenvalue weighted by atomic mass is 10.2. The third-order valence-electron chi connectivity index (χ3n) is 1.85. The summed E-state index contributed by atoms with van der Waals surface area (Å²) in [6.45, 7) is 1.50. The molecule has 1 aromatic rings. The Kier molecular flexibility index (Phi) is 3.77. The summed E-state index contributed by atoms with van der Waals surface area (Å²) in [6.07, 6.45) is 0. The Bertz CT molecular complexity index is 512. The Balaban J connectivity index is 3.03. The summed E-state index contributed by atoms with van der Waals surface area (Å²) in [7, 11) is -3.38. The lowest BCUT2D eigenvalue weighted by Crippen LogP contribution is -2.14. The normalized spacial score (nSPS) is 11.1. The molecule has 0 spiro atoms. The third kappa shape index (κ3) is 3.11. The average molecular weight is 264 g/mol. The number of carboxylic acid groups (broad SMARTS) is 1. The first-order chi connectivity index (χ1) is 7.35. The number of rotatable bonds is 4. The second-order valence-electron chi connectivity index (χ2n) is 3.01. The maximum Gasteiger partial charge on any atom is 0.337 e. The summed E-state index contributed by atoms with van der Waals surface area (Å²) in [6, 6.07) is 3.86. The van der Waals surface area contributed by atoms with E-state index in [2.05, 4.69) is 4.72 Å². The highest BCUT2D eigenvalue weighted by Crippen LogP contribution is 2.21. The van der Waals surface area contributed by atoms with Crippen LogP contribution in [0.25, 0.3) is 0 Å². The molecule has 0 unspecified atom stereocenters. The van der Waals surface area contributed by atoms with E-state index in [1.807, 2.05) is 0 Å². The summed E-state index contributed by atoms with van der Waals surface area (Å²) >= 11 is 5.68. The van der Waals surface area contributed by atoms with E-state index in [0.29, 0.717) is 0 Å². The fourth-order valence-electron chi connectivity index (χ4n) is 1.00. The summed E-state index contributed by atoms with van der Waals surface area (Å²) in [4.78, 5) is 10.7. The van der Waals surface area contributed by atoms with Crippen LogP contribution in [0, 0.1) is 0 Å². The van der Waals surface area contributed by atoms with Crippen LogP contribution >= 0.6 is 11.6 Å². The quantitative estimate of drug-likeness (QED) is 0.868. The fourth-order valence-corrected chi connectivity index (χ4v) is 1.90. The summed E-state index contributed by atoms with van der Waals surface area (Å²) in [5.41, 5.74) is 0.179. The zero-order chi connectivity index (χ0) is 12.3. The number of aromatic carboxylic acids is 1. The number of carboxylic acids is 1. The molecule has 88 valence electrons. The molecular weight excluding hydrogens is 254 g/mol. The van der Waals surface area contributed by atoms with Crippen LogP contribution in [0.1, 0.15) is 17.3 Å². The third-order valence-corrected chi connectivity index (χ3v) is 3.47. The van der Waals surface area contributed by atoms with Crippen molar-refractivity contribution in [1.82, 2.24) is 0 Å². The molecule has 0 bridgehead atoms. The molecule has 0 aliphatic carbocycles. The van der Waals surface area contributed by atoms with Gasteiger partial charge in [-0.2, -0.15) is 0 Å². The van der Waals surface area contributed by atoms with E-state index in [0.717, 1.165) is 0 Å². The minimum Gasteiger partial charge on any atom is -0.478 e. The minimum atomic E-state index is -3.38. The van der Waals surface area contributed by atoms with Gasteiger partial charge >= 0.3 is 5.97 Å². The predicted octanol–water partition coefficient (Wildman–Crippen LogP) is 1.80. The summed E-state index contributed by atoms with van der Waals surface area (Å²) in [5, 5.41) is 8.70. The zero-order valence-corrected chi connectivity index (χ0v) is 9.97. The molecule has 2 N–H and O–H groups in total. The second-order valence-corrected chi connectivity index (χ2v) is 5.42. The first-order valence-electron chi connectivity index (χ1n) is 4.39. The first kappa shape index (κ1) is 12.8. The topological polar surface area (TPSA) is 83.5 Å². The lowest BCUT2D eigenvalue weighted by Gasteiger charge is -2.07. The number of hydrogen-bond acceptors (Lipinski definition) is 3. The van der Waals surface area contributed by atoms with Crippen molar-refractivity contribution in [2.75, 3.05) is 10.5 Å². The molecule has 0 atom stereocenters. The van der Waals surface area contributed by atoms with Gasteiger partial charge in [-0.1, -0.05) is 11.6 Å². The molecule has 16 heavy (non-hydrogen) atoms. The Morgan fingerprint density at radius 3 is 2.56 bits per heavy atom. The van der Waals surface area contributed by atoms with E-state index in [9.17, 15) is 13.2 Å². The van der Waals surface area contributed by atoms with Gasteiger partial charge in [-0.25, -0.2) is 13.2 Å². The van der Waals surface area contributed by atoms with Crippen molar-refractivity contribution in [2.45, 2.75) is 6.92 Å². The second kappa shape index (κ2) is 4.71. The number of sulfonamides is 1. The van der Waals surface area contributed by atoms with Crippen LogP contribution in [-0.2, 0) is 10.0 Å². The predicted molar refractivity (Wildman–Crippen MR) is 61.5 cm³/mol. The molecule has 1 aromatic carbocycles. The van der Waals surface area contributed by atoms with Gasteiger partial charge in [-0.05, 0) is 25.1 Å². The largest absolute Gasteiger partial charge is 0.478 e. The maximum atomic E-state index is 11.2. The van der Waals surface area contributed by atoms with Crippen LogP contribution in [0.5, 0.6) is 0 Å². The van der Waals surface area contributed by atoms with E-state index in [4.69, 9.17) is 16.7 Å². The van der Waals surface area contributed by atoms with Crippen LogP contribution in [0.4, 0.5) is 5.69 Å². The molecule has 5 nitrogen and oxygen atoms in total. The van der Waals surface area contributed by atoms with Crippen molar-refractivity contribution < 1.29 is 18.3 Å². The van der Waals surface area contributed by atoms with Crippen LogP contribution in [0.15, 0.2) is 18.2 Å². The van der Waals surface area contributed by atoms with E-state index in [1.165, 1.54) is 25.1 Å². The molecule has 0 radical (unpaired) electrons. The molecule has 0 aliphatic rings. The highest BCUT2D eigenvalue weighted by molar-refractivity contribution is 7.92. The smallest absolute Gasteiger partial charge is 0.337 e. The fraction of sp³-hybridized carbons (Fsp3) is 0.222. The van der Waals surface area contributed by atoms with Gasteiger partial charge in [0, 0.05) is 5.69 Å². The van der Waals surface area contributed by atoms with Crippen molar-refractivity contribution in [2.24, 2.45) is 0 Å². The Hall–Kier alpha value is -1.27. The average Bonchev–Trinajstić information content (AvgIpc) is 2.16. The van der Waals surface area contributed by atoms with Gasteiger partial charge in [-0.3, -0.25) is 4.72 Å². The van der Waals surface area contributed by atoms with Crippen LogP contribution in [0.2, 0.25) is 5.02 Å². The maximum absolute atomic E-state index is 11.2. The van der Waals surface area contributed by atoms with Gasteiger partial charge in [-0.15, -0.1) is 0 Å². The number of anilines is 1. The molecule has 0 amide bonds. The van der Waals surface area contributed by atoms with Crippen molar-refractivity contribution in [1.29, 1.82) is 0 Å². The first-order valence-corrected chi connectivity index (χ1v) is 6.42. The van der Waals surface area contributed by atoms with Crippen LogP contribution in [-0.4, -0.2) is 25.2 Å². The molecule has 0 aliphatic heterocycles. The zero-order valence-electron chi connectivity index (χ0n) is 8.40. The number of halogens is 1. The van der Waals surface area contributed by atoms with Gasteiger partial charge in [0.15, 0.2) is 0 Å².